The summed E-state index contributed by atoms with van der Waals surface area (Å²) in [6, 6.07) is 21.0. The molecular weight excluding hydrogens is 714 g/mol. The number of ether oxygens (including phenoxy) is 2. The van der Waals surface area contributed by atoms with Crippen LogP contribution in [0.2, 0.25) is 0 Å². The molecule has 4 atom stereocenters. The highest BCUT2D eigenvalue weighted by atomic mass is 33.1. The third-order valence-electron chi connectivity index (χ3n) is 11.3. The number of alkyl carbamates (subject to hydrolysis) is 1. The molecule has 270 valence electrons. The number of nitrogens with one attached hydrogen (secondary N) is 1. The lowest BCUT2D eigenvalue weighted by atomic mass is 9.81. The van der Waals surface area contributed by atoms with Gasteiger partial charge in [-0.2, -0.15) is 0 Å². The Kier molecular flexibility index (Phi) is 8.39. The fourth-order valence-electron chi connectivity index (χ4n) is 8.47. The van der Waals surface area contributed by atoms with E-state index in [1.54, 1.807) is 46.1 Å². The molecule has 0 unspecified atom stereocenters. The Bertz CT molecular complexity index is 2420. The molecule has 0 spiro atoms. The summed E-state index contributed by atoms with van der Waals surface area (Å²) in [5.41, 5.74) is 4.66. The maximum absolute atomic E-state index is 15.4. The molecule has 0 saturated heterocycles. The van der Waals surface area contributed by atoms with E-state index in [4.69, 9.17) is 14.5 Å². The van der Waals surface area contributed by atoms with Crippen molar-refractivity contribution < 1.29 is 28.6 Å². The van der Waals surface area contributed by atoms with E-state index in [1.807, 2.05) is 30.3 Å². The van der Waals surface area contributed by atoms with E-state index in [1.165, 1.54) is 11.6 Å². The Morgan fingerprint density at radius 2 is 1.83 bits per heavy atom. The van der Waals surface area contributed by atoms with Crippen molar-refractivity contribution in [2.75, 3.05) is 0 Å². The summed E-state index contributed by atoms with van der Waals surface area (Å²) in [7, 11) is 3.39. The Hall–Kier alpha value is -4.65. The molecule has 3 aromatic carbocycles. The molecule has 0 fully saturated rings. The molecule has 9 rings (SSSR count). The highest BCUT2D eigenvalue weighted by Gasteiger charge is 2.46. The fourth-order valence-corrected chi connectivity index (χ4v) is 11.1. The number of pyridine rings is 2. The van der Waals surface area contributed by atoms with Crippen molar-refractivity contribution in [2.45, 2.75) is 87.0 Å². The second-order valence-corrected chi connectivity index (χ2v) is 16.7. The monoisotopic (exact) mass is 749 g/mol. The molecule has 1 amide bonds. The summed E-state index contributed by atoms with van der Waals surface area (Å²) in [4.78, 5) is 46.8. The van der Waals surface area contributed by atoms with Crippen molar-refractivity contribution in [2.24, 2.45) is 0 Å². The molecule has 4 heterocycles. The molecule has 0 radical (unpaired) electrons. The van der Waals surface area contributed by atoms with E-state index in [-0.39, 0.29) is 53.4 Å². The SMILES string of the molecule is CC[C@@]1(O)C(=O)OCc2c1cc1n(c2=O)Cc2c-1nc1cc(F)c(C)c3c1c2[C@@H](NC(=O)O[C@@H]1Cc2ccccc2C[C@H]1SSc1ccccc1)CC3. The van der Waals surface area contributed by atoms with Gasteiger partial charge in [-0.15, -0.1) is 0 Å². The van der Waals surface area contributed by atoms with E-state index >= 15 is 4.39 Å². The number of aromatic nitrogens is 2. The zero-order valence-electron chi connectivity index (χ0n) is 29.1. The summed E-state index contributed by atoms with van der Waals surface area (Å²) in [6.45, 7) is 3.33. The zero-order valence-corrected chi connectivity index (χ0v) is 30.7. The van der Waals surface area contributed by atoms with Crippen LogP contribution in [0, 0.1) is 12.7 Å². The molecule has 0 saturated carbocycles. The number of aliphatic hydroxyl groups is 1. The smallest absolute Gasteiger partial charge is 0.407 e. The third-order valence-corrected chi connectivity index (χ3v) is 14.2. The summed E-state index contributed by atoms with van der Waals surface area (Å²) in [6.07, 6.45) is 1.47. The minimum absolute atomic E-state index is 0.0143. The van der Waals surface area contributed by atoms with Gasteiger partial charge in [-0.05, 0) is 78.6 Å². The predicted molar refractivity (Wildman–Crippen MR) is 201 cm³/mol. The first-order chi connectivity index (χ1) is 25.6. The molecular formula is C41H36FN3O6S2. The number of carbonyl (C=O) groups is 2. The van der Waals surface area contributed by atoms with Gasteiger partial charge < -0.3 is 24.5 Å². The minimum Gasteiger partial charge on any atom is -0.458 e. The number of aryl methyl sites for hydroxylation is 1. The van der Waals surface area contributed by atoms with Gasteiger partial charge in [-0.25, -0.2) is 19.0 Å². The molecule has 2 aromatic heterocycles. The summed E-state index contributed by atoms with van der Waals surface area (Å²) < 4.78 is 28.5. The van der Waals surface area contributed by atoms with Crippen LogP contribution >= 0.6 is 21.6 Å². The second kappa shape index (κ2) is 13.0. The van der Waals surface area contributed by atoms with Crippen molar-refractivity contribution in [3.8, 4) is 11.4 Å². The lowest BCUT2D eigenvalue weighted by Gasteiger charge is -2.33. The van der Waals surface area contributed by atoms with Crippen molar-refractivity contribution in [3.05, 3.63) is 127 Å². The third kappa shape index (κ3) is 5.56. The van der Waals surface area contributed by atoms with Gasteiger partial charge >= 0.3 is 12.1 Å². The normalized spacial score (nSPS) is 22.3. The van der Waals surface area contributed by atoms with Crippen LogP contribution in [0.4, 0.5) is 9.18 Å². The lowest BCUT2D eigenvalue weighted by Crippen LogP contribution is -2.44. The molecule has 53 heavy (non-hydrogen) atoms. The maximum atomic E-state index is 15.4. The van der Waals surface area contributed by atoms with Crippen LogP contribution in [-0.2, 0) is 52.3 Å². The van der Waals surface area contributed by atoms with Gasteiger partial charge in [-0.3, -0.25) is 4.79 Å². The van der Waals surface area contributed by atoms with Crippen molar-refractivity contribution in [3.63, 3.8) is 0 Å². The van der Waals surface area contributed by atoms with E-state index in [0.717, 1.165) is 39.0 Å². The lowest BCUT2D eigenvalue weighted by molar-refractivity contribution is -0.172. The summed E-state index contributed by atoms with van der Waals surface area (Å²) in [5, 5.41) is 15.3. The Balaban J connectivity index is 1.08. The fraction of sp³-hybridized carbons (Fsp3) is 0.317. The molecule has 5 aromatic rings. The predicted octanol–water partition coefficient (Wildman–Crippen LogP) is 7.22. The number of nitrogens with zero attached hydrogens (tertiary/aromatic N) is 2. The molecule has 4 aliphatic rings. The Morgan fingerprint density at radius 1 is 1.08 bits per heavy atom. The molecule has 0 bridgehead atoms. The number of hydrogen-bond acceptors (Lipinski definition) is 9. The molecule has 2 N–H and O–H groups in total. The zero-order chi connectivity index (χ0) is 36.6. The van der Waals surface area contributed by atoms with Gasteiger partial charge in [-0.1, -0.05) is 71.0 Å². The second-order valence-electron chi connectivity index (χ2n) is 14.2. The molecule has 2 aliphatic carbocycles. The quantitative estimate of drug-likeness (QED) is 0.134. The first kappa shape index (κ1) is 34.1. The van der Waals surface area contributed by atoms with Crippen LogP contribution in [0.15, 0.2) is 76.4 Å². The summed E-state index contributed by atoms with van der Waals surface area (Å²) >= 11 is 0. The average molecular weight is 750 g/mol. The number of hydrogen-bond donors (Lipinski definition) is 2. The van der Waals surface area contributed by atoms with Crippen molar-refractivity contribution in [1.29, 1.82) is 0 Å². The van der Waals surface area contributed by atoms with Gasteiger partial charge in [0.25, 0.3) is 5.56 Å². The molecule has 2 aliphatic heterocycles. The van der Waals surface area contributed by atoms with Crippen molar-refractivity contribution >= 4 is 44.6 Å². The van der Waals surface area contributed by atoms with E-state index in [0.29, 0.717) is 41.7 Å². The van der Waals surface area contributed by atoms with Crippen LogP contribution in [0.3, 0.4) is 0 Å². The van der Waals surface area contributed by atoms with Crippen LogP contribution < -0.4 is 10.9 Å². The molecule has 9 nitrogen and oxygen atoms in total. The van der Waals surface area contributed by atoms with E-state index in [9.17, 15) is 19.5 Å². The Labute approximate surface area is 312 Å². The maximum Gasteiger partial charge on any atom is 0.407 e. The van der Waals surface area contributed by atoms with Gasteiger partial charge in [0, 0.05) is 33.9 Å². The standard InChI is InChI=1S/C41H36FN3O6S2/c1-3-41(49)28-17-32-37-26(19-45(32)38(46)27(28)20-50-39(41)47)36-30(14-13-25-21(2)29(42)18-31(43-37)35(25)36)44-40(48)51-33-15-22-9-7-8-10-23(22)16-34(33)53-52-24-11-5-4-6-12-24/h4-12,17-18,30,33-34,49H,3,13-16,19-20H2,1-2H3,(H,44,48)/t30-,33+,34+,41-/m0/s1. The van der Waals surface area contributed by atoms with Gasteiger partial charge in [0.1, 0.15) is 18.5 Å². The number of amides is 1. The van der Waals surface area contributed by atoms with Gasteiger partial charge in [0.2, 0.25) is 0 Å². The number of rotatable bonds is 6. The van der Waals surface area contributed by atoms with Crippen LogP contribution in [0.1, 0.15) is 70.3 Å². The van der Waals surface area contributed by atoms with Gasteiger partial charge in [0.15, 0.2) is 5.60 Å². The minimum atomic E-state index is -1.98. The number of cyclic esters (lactones) is 1. The number of fused-ring (bicyclic) bond motifs is 6. The highest BCUT2D eigenvalue weighted by molar-refractivity contribution is 8.77. The van der Waals surface area contributed by atoms with E-state index < -0.39 is 23.7 Å². The summed E-state index contributed by atoms with van der Waals surface area (Å²) in [5.74, 6) is -1.18. The number of esters is 1. The topological polar surface area (TPSA) is 120 Å². The van der Waals surface area contributed by atoms with Crippen LogP contribution in [0.5, 0.6) is 0 Å². The molecule has 12 heteroatoms. The number of halogens is 1. The number of benzene rings is 3. The van der Waals surface area contributed by atoms with Crippen LogP contribution in [-0.4, -0.2) is 38.1 Å². The number of carbonyl (C=O) groups excluding carboxylic acids is 2. The van der Waals surface area contributed by atoms with Crippen LogP contribution in [0.25, 0.3) is 22.3 Å². The Morgan fingerprint density at radius 3 is 2.60 bits per heavy atom. The highest BCUT2D eigenvalue weighted by Crippen LogP contribution is 2.46. The first-order valence-corrected chi connectivity index (χ1v) is 20.1. The first-order valence-electron chi connectivity index (χ1n) is 17.9. The average Bonchev–Trinajstić information content (AvgIpc) is 3.54. The largest absolute Gasteiger partial charge is 0.458 e. The van der Waals surface area contributed by atoms with E-state index in [2.05, 4.69) is 29.6 Å². The van der Waals surface area contributed by atoms with Gasteiger partial charge in [0.05, 0.1) is 40.3 Å². The van der Waals surface area contributed by atoms with Crippen molar-refractivity contribution in [1.82, 2.24) is 14.9 Å².